The zero-order valence-electron chi connectivity index (χ0n) is 17.7. The Balaban J connectivity index is 1.27. The predicted octanol–water partition coefficient (Wildman–Crippen LogP) is 3.88. The van der Waals surface area contributed by atoms with Gasteiger partial charge in [-0.15, -0.1) is 11.3 Å². The van der Waals surface area contributed by atoms with Crippen molar-refractivity contribution < 1.29 is 4.79 Å². The average Bonchev–Trinajstić information content (AvgIpc) is 3.61. The van der Waals surface area contributed by atoms with Gasteiger partial charge in [0.15, 0.2) is 5.65 Å². The van der Waals surface area contributed by atoms with Gasteiger partial charge in [0.1, 0.15) is 0 Å². The van der Waals surface area contributed by atoms with Gasteiger partial charge in [-0.3, -0.25) is 14.7 Å². The van der Waals surface area contributed by atoms with Gasteiger partial charge in [-0.1, -0.05) is 6.07 Å². The molecule has 2 aliphatic heterocycles. The lowest BCUT2D eigenvalue weighted by atomic mass is 9.94. The minimum Gasteiger partial charge on any atom is -0.350 e. The number of carbonyl (C=O) groups is 1. The third-order valence-corrected chi connectivity index (χ3v) is 7.72. The largest absolute Gasteiger partial charge is 0.350 e. The summed E-state index contributed by atoms with van der Waals surface area (Å²) in [5.41, 5.74) is 3.92. The second-order valence-electron chi connectivity index (χ2n) is 8.65. The number of amides is 1. The summed E-state index contributed by atoms with van der Waals surface area (Å²) in [4.78, 5) is 26.0. The minimum atomic E-state index is -0.0505. The topological polar surface area (TPSA) is 75.4 Å². The molecule has 0 aliphatic carbocycles. The molecule has 0 unspecified atom stereocenters. The molecule has 0 saturated carbocycles. The van der Waals surface area contributed by atoms with E-state index in [2.05, 4.69) is 26.4 Å². The van der Waals surface area contributed by atoms with Crippen LogP contribution in [0.1, 0.15) is 36.0 Å². The number of thiophene rings is 1. The number of aromatic nitrogens is 4. The highest BCUT2D eigenvalue weighted by Crippen LogP contribution is 2.38. The molecule has 2 aliphatic rings. The zero-order valence-corrected chi connectivity index (χ0v) is 18.5. The van der Waals surface area contributed by atoms with Gasteiger partial charge >= 0.3 is 0 Å². The quantitative estimate of drug-likeness (QED) is 0.506. The van der Waals surface area contributed by atoms with E-state index < -0.39 is 0 Å². The number of rotatable bonds is 5. The van der Waals surface area contributed by atoms with Crippen LogP contribution in [0, 0.1) is 0 Å². The van der Waals surface area contributed by atoms with Crippen LogP contribution in [-0.2, 0) is 0 Å². The van der Waals surface area contributed by atoms with Crippen molar-refractivity contribution in [3.05, 3.63) is 59.9 Å². The number of nitrogens with zero attached hydrogens (tertiary/aromatic N) is 5. The molecule has 162 valence electrons. The summed E-state index contributed by atoms with van der Waals surface area (Å²) < 4.78 is 1.74. The summed E-state index contributed by atoms with van der Waals surface area (Å²) >= 11 is 1.65. The third-order valence-electron chi connectivity index (χ3n) is 6.83. The fraction of sp³-hybridized carbons (Fsp3) is 0.333. The summed E-state index contributed by atoms with van der Waals surface area (Å²) in [5, 5.41) is 9.66. The van der Waals surface area contributed by atoms with E-state index in [1.165, 1.54) is 25.7 Å². The van der Waals surface area contributed by atoms with Crippen molar-refractivity contribution in [3.63, 3.8) is 0 Å². The first-order valence-electron chi connectivity index (χ1n) is 11.1. The highest BCUT2D eigenvalue weighted by Gasteiger charge is 2.44. The van der Waals surface area contributed by atoms with Gasteiger partial charge < -0.3 is 5.32 Å². The summed E-state index contributed by atoms with van der Waals surface area (Å²) in [5.74, 6) is -0.0505. The Morgan fingerprint density at radius 3 is 2.84 bits per heavy atom. The van der Waals surface area contributed by atoms with Crippen LogP contribution in [-0.4, -0.2) is 55.6 Å². The minimum absolute atomic E-state index is 0.0505. The Morgan fingerprint density at radius 2 is 2.03 bits per heavy atom. The highest BCUT2D eigenvalue weighted by atomic mass is 32.1. The summed E-state index contributed by atoms with van der Waals surface area (Å²) in [6.07, 6.45) is 10.2. The fourth-order valence-corrected chi connectivity index (χ4v) is 5.89. The van der Waals surface area contributed by atoms with Crippen molar-refractivity contribution in [3.8, 4) is 21.8 Å². The smallest absolute Gasteiger partial charge is 0.251 e. The van der Waals surface area contributed by atoms with Gasteiger partial charge in [0.2, 0.25) is 0 Å². The SMILES string of the molecule is O=C(NCC12CCCN1CCC2)c1ccnc(-c2cnn3ccc(-c4cccs4)nc23)c1. The first-order chi connectivity index (χ1) is 15.7. The van der Waals surface area contributed by atoms with E-state index in [9.17, 15) is 4.79 Å². The first-order valence-corrected chi connectivity index (χ1v) is 12.0. The molecule has 0 radical (unpaired) electrons. The van der Waals surface area contributed by atoms with E-state index in [1.807, 2.05) is 29.8 Å². The van der Waals surface area contributed by atoms with Crippen LogP contribution in [0.4, 0.5) is 0 Å². The van der Waals surface area contributed by atoms with Crippen LogP contribution in [0.25, 0.3) is 27.5 Å². The molecule has 1 amide bonds. The maximum Gasteiger partial charge on any atom is 0.251 e. The third kappa shape index (κ3) is 3.30. The van der Waals surface area contributed by atoms with Crippen molar-refractivity contribution in [2.75, 3.05) is 19.6 Å². The molecule has 2 saturated heterocycles. The van der Waals surface area contributed by atoms with Gasteiger partial charge in [-0.05, 0) is 68.4 Å². The Kier molecular flexibility index (Phi) is 4.77. The van der Waals surface area contributed by atoms with E-state index in [-0.39, 0.29) is 11.4 Å². The number of hydrogen-bond donors (Lipinski definition) is 1. The molecule has 6 heterocycles. The summed E-state index contributed by atoms with van der Waals surface area (Å²) in [6.45, 7) is 3.03. The lowest BCUT2D eigenvalue weighted by Crippen LogP contribution is -2.48. The molecule has 4 aromatic heterocycles. The molecule has 2 fully saturated rings. The molecule has 7 nitrogen and oxygen atoms in total. The van der Waals surface area contributed by atoms with Gasteiger partial charge in [-0.25, -0.2) is 9.50 Å². The Hall–Kier alpha value is -3.10. The molecule has 8 heteroatoms. The Bertz CT molecular complexity index is 1270. The lowest BCUT2D eigenvalue weighted by Gasteiger charge is -2.32. The Labute approximate surface area is 190 Å². The second-order valence-corrected chi connectivity index (χ2v) is 9.60. The van der Waals surface area contributed by atoms with Crippen molar-refractivity contribution in [2.24, 2.45) is 0 Å². The second kappa shape index (κ2) is 7.79. The van der Waals surface area contributed by atoms with Gasteiger partial charge in [0.05, 0.1) is 28.0 Å². The van der Waals surface area contributed by atoms with E-state index in [0.717, 1.165) is 34.9 Å². The van der Waals surface area contributed by atoms with Crippen LogP contribution in [0.3, 0.4) is 0 Å². The molecule has 0 spiro atoms. The molecule has 32 heavy (non-hydrogen) atoms. The van der Waals surface area contributed by atoms with Crippen LogP contribution in [0.15, 0.2) is 54.3 Å². The van der Waals surface area contributed by atoms with Crippen LogP contribution in [0.5, 0.6) is 0 Å². The molecule has 0 aromatic carbocycles. The summed E-state index contributed by atoms with van der Waals surface area (Å²) in [7, 11) is 0. The normalized spacial score (nSPS) is 17.6. The zero-order chi connectivity index (χ0) is 21.5. The molecule has 6 rings (SSSR count). The number of carbonyl (C=O) groups excluding carboxylic acids is 1. The van der Waals surface area contributed by atoms with Gasteiger partial charge in [0, 0.05) is 30.0 Å². The molecular formula is C24H24N6OS. The van der Waals surface area contributed by atoms with Crippen molar-refractivity contribution in [1.82, 2.24) is 29.8 Å². The highest BCUT2D eigenvalue weighted by molar-refractivity contribution is 7.13. The monoisotopic (exact) mass is 444 g/mol. The predicted molar refractivity (Wildman–Crippen MR) is 125 cm³/mol. The average molecular weight is 445 g/mol. The van der Waals surface area contributed by atoms with E-state index in [1.54, 1.807) is 34.3 Å². The molecule has 0 bridgehead atoms. The number of nitrogens with one attached hydrogen (secondary N) is 1. The molecule has 0 atom stereocenters. The number of hydrogen-bond acceptors (Lipinski definition) is 6. The van der Waals surface area contributed by atoms with Crippen LogP contribution in [0.2, 0.25) is 0 Å². The lowest BCUT2D eigenvalue weighted by molar-refractivity contribution is 0.0919. The maximum atomic E-state index is 13.0. The standard InChI is InChI=1S/C24H24N6OS/c31-23(26-16-24-7-2-10-29(24)11-3-8-24)17-5-9-25-20(14-17)18-15-27-30-12-6-19(28-22(18)30)21-4-1-13-32-21/h1,4-6,9,12-15H,2-3,7-8,10-11,16H2,(H,26,31). The van der Waals surface area contributed by atoms with Crippen molar-refractivity contribution in [1.29, 1.82) is 0 Å². The van der Waals surface area contributed by atoms with Gasteiger partial charge in [-0.2, -0.15) is 5.10 Å². The van der Waals surface area contributed by atoms with Crippen LogP contribution < -0.4 is 5.32 Å². The summed E-state index contributed by atoms with van der Waals surface area (Å²) in [6, 6.07) is 9.64. The van der Waals surface area contributed by atoms with Crippen LogP contribution >= 0.6 is 11.3 Å². The van der Waals surface area contributed by atoms with E-state index >= 15 is 0 Å². The van der Waals surface area contributed by atoms with Crippen molar-refractivity contribution >= 4 is 22.9 Å². The number of pyridine rings is 1. The molecule has 4 aromatic rings. The first kappa shape index (κ1) is 19.6. The van der Waals surface area contributed by atoms with Gasteiger partial charge in [0.25, 0.3) is 5.91 Å². The fourth-order valence-electron chi connectivity index (χ4n) is 5.19. The maximum absolute atomic E-state index is 13.0. The van der Waals surface area contributed by atoms with E-state index in [4.69, 9.17) is 4.98 Å². The molecule has 1 N–H and O–H groups in total. The van der Waals surface area contributed by atoms with Crippen molar-refractivity contribution in [2.45, 2.75) is 31.2 Å². The Morgan fingerprint density at radius 1 is 1.16 bits per heavy atom. The molecular weight excluding hydrogens is 420 g/mol. The number of fused-ring (bicyclic) bond motifs is 2. The van der Waals surface area contributed by atoms with E-state index in [0.29, 0.717) is 17.8 Å².